The van der Waals surface area contributed by atoms with E-state index in [1.54, 1.807) is 19.3 Å². The van der Waals surface area contributed by atoms with E-state index in [0.29, 0.717) is 17.5 Å². The van der Waals surface area contributed by atoms with Crippen LogP contribution in [0.1, 0.15) is 30.6 Å². The molecule has 1 amide bonds. The number of amides is 1. The molecule has 116 valence electrons. The number of likely N-dealkylation sites (tertiary alicyclic amines) is 1. The van der Waals surface area contributed by atoms with Crippen LogP contribution in [0.5, 0.6) is 0 Å². The molecule has 1 aliphatic rings. The van der Waals surface area contributed by atoms with E-state index in [0.717, 1.165) is 24.9 Å². The average molecular weight is 299 g/mol. The summed E-state index contributed by atoms with van der Waals surface area (Å²) >= 11 is 0. The zero-order valence-electron chi connectivity index (χ0n) is 13.2. The van der Waals surface area contributed by atoms with Gasteiger partial charge in [-0.05, 0) is 36.5 Å². The zero-order valence-corrected chi connectivity index (χ0v) is 13.2. The summed E-state index contributed by atoms with van der Waals surface area (Å²) in [6.45, 7) is 5.74. The number of hydrogen-bond donors (Lipinski definition) is 0. The molecule has 5 heteroatoms. The monoisotopic (exact) mass is 299 g/mol. The largest absolute Gasteiger partial charge is 0.338 e. The third-order valence-electron chi connectivity index (χ3n) is 4.36. The molecule has 2 atom stereocenters. The summed E-state index contributed by atoms with van der Waals surface area (Å²) in [5.74, 6) is 0.780. The van der Waals surface area contributed by atoms with E-state index in [4.69, 9.17) is 0 Å². The summed E-state index contributed by atoms with van der Waals surface area (Å²) in [5.41, 5.74) is 0.566. The first-order valence-corrected chi connectivity index (χ1v) is 7.71. The number of carbonyl (C=O) groups excluding carboxylic acids is 1. The van der Waals surface area contributed by atoms with Crippen molar-refractivity contribution in [1.82, 2.24) is 14.5 Å². The first kappa shape index (κ1) is 14.8. The van der Waals surface area contributed by atoms with Crippen molar-refractivity contribution in [1.29, 1.82) is 0 Å². The van der Waals surface area contributed by atoms with E-state index in [1.807, 2.05) is 17.0 Å². The third kappa shape index (κ3) is 2.51. The molecule has 1 aliphatic heterocycles. The van der Waals surface area contributed by atoms with Gasteiger partial charge in [-0.2, -0.15) is 0 Å². The number of rotatable bonds is 1. The van der Waals surface area contributed by atoms with Gasteiger partial charge in [-0.25, -0.2) is 4.98 Å². The maximum absolute atomic E-state index is 12.8. The van der Waals surface area contributed by atoms with Crippen LogP contribution in [-0.2, 0) is 7.05 Å². The summed E-state index contributed by atoms with van der Waals surface area (Å²) in [6, 6.07) is 5.36. The molecule has 0 spiro atoms. The lowest BCUT2D eigenvalue weighted by molar-refractivity contribution is 0.0621. The van der Waals surface area contributed by atoms with Gasteiger partial charge in [0.05, 0.1) is 0 Å². The number of hydrogen-bond acceptors (Lipinski definition) is 3. The van der Waals surface area contributed by atoms with Crippen LogP contribution in [0.15, 0.2) is 29.2 Å². The summed E-state index contributed by atoms with van der Waals surface area (Å²) in [7, 11) is 1.66. The Kier molecular flexibility index (Phi) is 3.72. The lowest BCUT2D eigenvalue weighted by Crippen LogP contribution is -2.44. The van der Waals surface area contributed by atoms with E-state index < -0.39 is 0 Å². The fourth-order valence-corrected chi connectivity index (χ4v) is 3.45. The Bertz CT molecular complexity index is 771. The third-order valence-corrected chi connectivity index (χ3v) is 4.36. The Balaban J connectivity index is 2.04. The van der Waals surface area contributed by atoms with Gasteiger partial charge in [0.25, 0.3) is 11.5 Å². The van der Waals surface area contributed by atoms with Crippen LogP contribution in [0, 0.1) is 11.8 Å². The van der Waals surface area contributed by atoms with Crippen molar-refractivity contribution < 1.29 is 4.79 Å². The van der Waals surface area contributed by atoms with Crippen molar-refractivity contribution in [3.05, 3.63) is 40.3 Å². The van der Waals surface area contributed by atoms with E-state index in [9.17, 15) is 9.59 Å². The number of carbonyl (C=O) groups is 1. The predicted molar refractivity (Wildman–Crippen MR) is 85.8 cm³/mol. The number of nitrogens with zero attached hydrogens (tertiary/aromatic N) is 3. The molecule has 0 N–H and O–H groups in total. The molecule has 1 saturated heterocycles. The summed E-state index contributed by atoms with van der Waals surface area (Å²) in [6.07, 6.45) is 2.78. The molecule has 0 saturated carbocycles. The van der Waals surface area contributed by atoms with Gasteiger partial charge in [0, 0.05) is 31.7 Å². The summed E-state index contributed by atoms with van der Waals surface area (Å²) in [5, 5.41) is 0.811. The molecule has 0 bridgehead atoms. The van der Waals surface area contributed by atoms with Crippen molar-refractivity contribution in [2.24, 2.45) is 18.9 Å². The predicted octanol–water partition coefficient (Wildman–Crippen LogP) is 2.05. The van der Waals surface area contributed by atoms with Gasteiger partial charge in [0.1, 0.15) is 11.2 Å². The fraction of sp³-hybridized carbons (Fsp3) is 0.471. The molecule has 22 heavy (non-hydrogen) atoms. The van der Waals surface area contributed by atoms with Crippen molar-refractivity contribution in [2.45, 2.75) is 20.3 Å². The fourth-order valence-electron chi connectivity index (χ4n) is 3.45. The molecular weight excluding hydrogens is 278 g/mol. The molecule has 5 nitrogen and oxygen atoms in total. The van der Waals surface area contributed by atoms with Gasteiger partial charge in [0.2, 0.25) is 0 Å². The second-order valence-electron chi connectivity index (χ2n) is 6.49. The minimum absolute atomic E-state index is 0.162. The van der Waals surface area contributed by atoms with Crippen LogP contribution >= 0.6 is 0 Å². The number of fused-ring (bicyclic) bond motifs is 1. The molecule has 2 aromatic rings. The Hall–Kier alpha value is -2.17. The Morgan fingerprint density at radius 2 is 1.95 bits per heavy atom. The smallest absolute Gasteiger partial charge is 0.264 e. The zero-order chi connectivity index (χ0) is 15.9. The maximum atomic E-state index is 12.8. The second-order valence-corrected chi connectivity index (χ2v) is 6.49. The molecule has 0 aromatic carbocycles. The highest BCUT2D eigenvalue weighted by atomic mass is 16.2. The lowest BCUT2D eigenvalue weighted by atomic mass is 9.91. The van der Waals surface area contributed by atoms with Crippen molar-refractivity contribution in [2.75, 3.05) is 13.1 Å². The van der Waals surface area contributed by atoms with Gasteiger partial charge >= 0.3 is 0 Å². The molecule has 0 aliphatic carbocycles. The number of piperidine rings is 1. The van der Waals surface area contributed by atoms with E-state index in [2.05, 4.69) is 18.8 Å². The van der Waals surface area contributed by atoms with Crippen LogP contribution in [0.2, 0.25) is 0 Å². The molecule has 0 unspecified atom stereocenters. The summed E-state index contributed by atoms with van der Waals surface area (Å²) < 4.78 is 1.46. The molecule has 3 heterocycles. The summed E-state index contributed by atoms with van der Waals surface area (Å²) in [4.78, 5) is 31.3. The quantitative estimate of drug-likeness (QED) is 0.810. The average Bonchev–Trinajstić information content (AvgIpc) is 2.49. The minimum Gasteiger partial charge on any atom is -0.338 e. The van der Waals surface area contributed by atoms with Crippen molar-refractivity contribution >= 4 is 16.9 Å². The Labute approximate surface area is 129 Å². The van der Waals surface area contributed by atoms with Crippen molar-refractivity contribution in [3.63, 3.8) is 0 Å². The highest BCUT2D eigenvalue weighted by Crippen LogP contribution is 2.22. The topological polar surface area (TPSA) is 55.2 Å². The molecule has 3 rings (SSSR count). The normalized spacial score (nSPS) is 22.0. The number of aryl methyl sites for hydroxylation is 1. The molecule has 1 fully saturated rings. The highest BCUT2D eigenvalue weighted by Gasteiger charge is 2.28. The van der Waals surface area contributed by atoms with Crippen LogP contribution < -0.4 is 5.56 Å². The molecule has 2 aromatic heterocycles. The second kappa shape index (κ2) is 5.55. The van der Waals surface area contributed by atoms with Gasteiger partial charge in [-0.1, -0.05) is 13.8 Å². The highest BCUT2D eigenvalue weighted by molar-refractivity contribution is 5.97. The van der Waals surface area contributed by atoms with Gasteiger partial charge in [-0.3, -0.25) is 14.2 Å². The Morgan fingerprint density at radius 1 is 1.27 bits per heavy atom. The van der Waals surface area contributed by atoms with Crippen LogP contribution in [0.3, 0.4) is 0 Å². The SMILES string of the molecule is C[C@H]1C[C@H](C)CN(C(=O)c2cc3cccnc3n(C)c2=O)C1. The lowest BCUT2D eigenvalue weighted by Gasteiger charge is -2.35. The number of pyridine rings is 2. The standard InChI is InChI=1S/C17H21N3O2/c1-11-7-12(2)10-20(9-11)17(22)14-8-13-5-4-6-18-15(13)19(3)16(14)21/h4-6,8,11-12H,7,9-10H2,1-3H3/t11-,12-/m0/s1. The van der Waals surface area contributed by atoms with Crippen LogP contribution in [0.4, 0.5) is 0 Å². The van der Waals surface area contributed by atoms with Gasteiger partial charge in [0.15, 0.2) is 0 Å². The first-order valence-electron chi connectivity index (χ1n) is 7.71. The van der Waals surface area contributed by atoms with E-state index in [-0.39, 0.29) is 17.0 Å². The Morgan fingerprint density at radius 3 is 2.64 bits per heavy atom. The minimum atomic E-state index is -0.276. The van der Waals surface area contributed by atoms with Gasteiger partial charge in [-0.15, -0.1) is 0 Å². The van der Waals surface area contributed by atoms with Crippen molar-refractivity contribution in [3.8, 4) is 0 Å². The van der Waals surface area contributed by atoms with E-state index in [1.165, 1.54) is 4.57 Å². The molecule has 0 radical (unpaired) electrons. The van der Waals surface area contributed by atoms with Crippen LogP contribution in [-0.4, -0.2) is 33.4 Å². The van der Waals surface area contributed by atoms with Gasteiger partial charge < -0.3 is 4.90 Å². The maximum Gasteiger partial charge on any atom is 0.264 e. The molecular formula is C17H21N3O2. The number of aromatic nitrogens is 2. The van der Waals surface area contributed by atoms with E-state index >= 15 is 0 Å². The van der Waals surface area contributed by atoms with Crippen LogP contribution in [0.25, 0.3) is 11.0 Å². The first-order chi connectivity index (χ1) is 10.5.